The third-order valence-corrected chi connectivity index (χ3v) is 2.89. The lowest BCUT2D eigenvalue weighted by atomic mass is 10.1. The van der Waals surface area contributed by atoms with Gasteiger partial charge in [-0.2, -0.15) is 0 Å². The van der Waals surface area contributed by atoms with Gasteiger partial charge in [0.25, 0.3) is 0 Å². The van der Waals surface area contributed by atoms with Crippen LogP contribution in [0.5, 0.6) is 0 Å². The Morgan fingerprint density at radius 2 is 1.71 bits per heavy atom. The van der Waals surface area contributed by atoms with E-state index in [4.69, 9.17) is 12.2 Å². The SMILES string of the molecule is CCc1ccc(C(C)NC(=S)NC(C)C)cc1. The van der Waals surface area contributed by atoms with Crippen LogP contribution in [0.3, 0.4) is 0 Å². The van der Waals surface area contributed by atoms with Gasteiger partial charge in [-0.3, -0.25) is 0 Å². The van der Waals surface area contributed by atoms with Gasteiger partial charge in [0.2, 0.25) is 0 Å². The van der Waals surface area contributed by atoms with Gasteiger partial charge in [-0.15, -0.1) is 0 Å². The highest BCUT2D eigenvalue weighted by Gasteiger charge is 2.07. The second-order valence-electron chi connectivity index (χ2n) is 4.59. The van der Waals surface area contributed by atoms with Gasteiger partial charge in [-0.05, 0) is 50.5 Å². The summed E-state index contributed by atoms with van der Waals surface area (Å²) in [6.07, 6.45) is 1.08. The van der Waals surface area contributed by atoms with Crippen molar-refractivity contribution in [1.82, 2.24) is 10.6 Å². The molecule has 2 N–H and O–H groups in total. The lowest BCUT2D eigenvalue weighted by molar-refractivity contribution is 0.663. The summed E-state index contributed by atoms with van der Waals surface area (Å²) in [6.45, 7) is 8.44. The van der Waals surface area contributed by atoms with Crippen LogP contribution in [0.25, 0.3) is 0 Å². The maximum Gasteiger partial charge on any atom is 0.166 e. The fraction of sp³-hybridized carbons (Fsp3) is 0.500. The minimum Gasteiger partial charge on any atom is -0.361 e. The Kier molecular flexibility index (Phi) is 5.42. The summed E-state index contributed by atoms with van der Waals surface area (Å²) in [5, 5.41) is 7.19. The zero-order valence-corrected chi connectivity index (χ0v) is 11.9. The zero-order chi connectivity index (χ0) is 12.8. The first-order valence-corrected chi connectivity index (χ1v) is 6.59. The molecular formula is C14H22N2S. The number of rotatable bonds is 4. The molecule has 0 spiro atoms. The van der Waals surface area contributed by atoms with E-state index in [9.17, 15) is 0 Å². The van der Waals surface area contributed by atoms with Gasteiger partial charge in [0, 0.05) is 6.04 Å². The summed E-state index contributed by atoms with van der Waals surface area (Å²) in [5.74, 6) is 0. The Bertz CT molecular complexity index is 357. The van der Waals surface area contributed by atoms with E-state index < -0.39 is 0 Å². The molecule has 0 aliphatic carbocycles. The molecule has 0 heterocycles. The van der Waals surface area contributed by atoms with Crippen LogP contribution in [-0.4, -0.2) is 11.2 Å². The van der Waals surface area contributed by atoms with E-state index in [1.165, 1.54) is 11.1 Å². The Balaban J connectivity index is 2.56. The molecule has 0 aliphatic heterocycles. The molecule has 17 heavy (non-hydrogen) atoms. The monoisotopic (exact) mass is 250 g/mol. The van der Waals surface area contributed by atoms with Crippen LogP contribution in [0.1, 0.15) is 44.9 Å². The number of benzene rings is 1. The topological polar surface area (TPSA) is 24.1 Å². The van der Waals surface area contributed by atoms with Gasteiger partial charge >= 0.3 is 0 Å². The summed E-state index contributed by atoms with van der Waals surface area (Å²) in [5.41, 5.74) is 2.62. The first-order valence-electron chi connectivity index (χ1n) is 6.18. The standard InChI is InChI=1S/C14H22N2S/c1-5-12-6-8-13(9-7-12)11(4)16-14(17)15-10(2)3/h6-11H,5H2,1-4H3,(H2,15,16,17). The highest BCUT2D eigenvalue weighted by atomic mass is 32.1. The molecule has 1 aromatic rings. The molecule has 1 aromatic carbocycles. The van der Waals surface area contributed by atoms with E-state index in [0.29, 0.717) is 11.2 Å². The van der Waals surface area contributed by atoms with Crippen molar-refractivity contribution in [2.24, 2.45) is 0 Å². The van der Waals surface area contributed by atoms with E-state index in [1.54, 1.807) is 0 Å². The van der Waals surface area contributed by atoms with Crippen LogP contribution in [-0.2, 0) is 6.42 Å². The van der Waals surface area contributed by atoms with Gasteiger partial charge in [0.05, 0.1) is 6.04 Å². The van der Waals surface area contributed by atoms with Gasteiger partial charge in [-0.1, -0.05) is 31.2 Å². The van der Waals surface area contributed by atoms with Crippen molar-refractivity contribution in [3.8, 4) is 0 Å². The third-order valence-electron chi connectivity index (χ3n) is 2.66. The molecule has 0 amide bonds. The van der Waals surface area contributed by atoms with E-state index in [0.717, 1.165) is 6.42 Å². The highest BCUT2D eigenvalue weighted by molar-refractivity contribution is 7.80. The molecule has 1 atom stereocenters. The second kappa shape index (κ2) is 6.60. The molecule has 0 saturated carbocycles. The Hall–Kier alpha value is -1.09. The first kappa shape index (κ1) is 14.0. The van der Waals surface area contributed by atoms with Crippen molar-refractivity contribution in [1.29, 1.82) is 0 Å². The summed E-state index contributed by atoms with van der Waals surface area (Å²) in [7, 11) is 0. The maximum absolute atomic E-state index is 5.23. The molecule has 3 heteroatoms. The molecule has 0 aliphatic rings. The van der Waals surface area contributed by atoms with Crippen molar-refractivity contribution in [3.05, 3.63) is 35.4 Å². The van der Waals surface area contributed by atoms with E-state index in [-0.39, 0.29) is 6.04 Å². The predicted molar refractivity (Wildman–Crippen MR) is 78.2 cm³/mol. The molecule has 1 unspecified atom stereocenters. The lowest BCUT2D eigenvalue weighted by Crippen LogP contribution is -2.40. The summed E-state index contributed by atoms with van der Waals surface area (Å²) >= 11 is 5.23. The van der Waals surface area contributed by atoms with Crippen LogP contribution >= 0.6 is 12.2 Å². The van der Waals surface area contributed by atoms with Gasteiger partial charge < -0.3 is 10.6 Å². The first-order chi connectivity index (χ1) is 8.02. The quantitative estimate of drug-likeness (QED) is 0.803. The minimum absolute atomic E-state index is 0.236. The number of aryl methyl sites for hydroxylation is 1. The highest BCUT2D eigenvalue weighted by Crippen LogP contribution is 2.13. The normalized spacial score (nSPS) is 12.3. The molecule has 0 aromatic heterocycles. The fourth-order valence-electron chi connectivity index (χ4n) is 1.63. The molecule has 0 saturated heterocycles. The van der Waals surface area contributed by atoms with Crippen molar-refractivity contribution in [2.45, 2.75) is 46.2 Å². The molecule has 1 rings (SSSR count). The van der Waals surface area contributed by atoms with E-state index in [2.05, 4.69) is 62.6 Å². The number of hydrogen-bond acceptors (Lipinski definition) is 1. The molecule has 2 nitrogen and oxygen atoms in total. The molecule has 94 valence electrons. The van der Waals surface area contributed by atoms with E-state index in [1.807, 2.05) is 0 Å². The van der Waals surface area contributed by atoms with Gasteiger partial charge in [-0.25, -0.2) is 0 Å². The van der Waals surface area contributed by atoms with Crippen LogP contribution in [0.4, 0.5) is 0 Å². The number of hydrogen-bond donors (Lipinski definition) is 2. The summed E-state index contributed by atoms with van der Waals surface area (Å²) < 4.78 is 0. The Morgan fingerprint density at radius 3 is 2.18 bits per heavy atom. The fourth-order valence-corrected chi connectivity index (χ4v) is 2.04. The summed E-state index contributed by atoms with van der Waals surface area (Å²) in [6, 6.07) is 9.27. The molecular weight excluding hydrogens is 228 g/mol. The number of nitrogens with one attached hydrogen (secondary N) is 2. The number of thiocarbonyl (C=S) groups is 1. The molecule has 0 radical (unpaired) electrons. The van der Waals surface area contributed by atoms with Crippen molar-refractivity contribution < 1.29 is 0 Å². The van der Waals surface area contributed by atoms with Crippen LogP contribution in [0.15, 0.2) is 24.3 Å². The third kappa shape index (κ3) is 4.73. The van der Waals surface area contributed by atoms with Crippen LogP contribution in [0.2, 0.25) is 0 Å². The summed E-state index contributed by atoms with van der Waals surface area (Å²) in [4.78, 5) is 0. The minimum atomic E-state index is 0.236. The van der Waals surface area contributed by atoms with Crippen molar-refractivity contribution in [3.63, 3.8) is 0 Å². The van der Waals surface area contributed by atoms with Crippen LogP contribution in [0, 0.1) is 0 Å². The largest absolute Gasteiger partial charge is 0.361 e. The lowest BCUT2D eigenvalue weighted by Gasteiger charge is -2.19. The Labute approximate surface area is 110 Å². The molecule has 0 bridgehead atoms. The maximum atomic E-state index is 5.23. The predicted octanol–water partition coefficient (Wildman–Crippen LogP) is 3.18. The van der Waals surface area contributed by atoms with E-state index >= 15 is 0 Å². The van der Waals surface area contributed by atoms with Gasteiger partial charge in [0.1, 0.15) is 0 Å². The Morgan fingerprint density at radius 1 is 1.12 bits per heavy atom. The average Bonchev–Trinajstić information content (AvgIpc) is 2.28. The van der Waals surface area contributed by atoms with Crippen LogP contribution < -0.4 is 10.6 Å². The second-order valence-corrected chi connectivity index (χ2v) is 5.00. The van der Waals surface area contributed by atoms with Crippen molar-refractivity contribution >= 4 is 17.3 Å². The average molecular weight is 250 g/mol. The molecule has 0 fully saturated rings. The zero-order valence-electron chi connectivity index (χ0n) is 11.1. The van der Waals surface area contributed by atoms with Crippen molar-refractivity contribution in [2.75, 3.05) is 0 Å². The smallest absolute Gasteiger partial charge is 0.166 e. The van der Waals surface area contributed by atoms with Gasteiger partial charge in [0.15, 0.2) is 5.11 Å².